The van der Waals surface area contributed by atoms with Crippen LogP contribution in [0.4, 0.5) is 9.59 Å². The normalized spacial score (nSPS) is 21.5. The van der Waals surface area contributed by atoms with Crippen LogP contribution in [0.5, 0.6) is 5.88 Å². The standard InChI is InChI=1S/C32H39N5O5/c1-31(2,3)42-30(39)36-17-24-25(18-36)28(24)41-27-14-23(13-26(34-27)37-16-22(15-33-37)21-11-12-21)32(4,5)35-29(38)40-19-20-9-7-6-8-10-20/h6-10,13-16,21,24-25,28H,11-12,17-19H2,1-5H3,(H,35,38). The lowest BCUT2D eigenvalue weighted by molar-refractivity contribution is 0.0252. The van der Waals surface area contributed by atoms with Crippen molar-refractivity contribution in [2.75, 3.05) is 13.1 Å². The van der Waals surface area contributed by atoms with Crippen molar-refractivity contribution in [3.8, 4) is 11.7 Å². The first-order valence-corrected chi connectivity index (χ1v) is 14.7. The molecule has 10 nitrogen and oxygen atoms in total. The van der Waals surface area contributed by atoms with Gasteiger partial charge < -0.3 is 24.4 Å². The summed E-state index contributed by atoms with van der Waals surface area (Å²) in [5.41, 5.74) is 1.61. The predicted octanol–water partition coefficient (Wildman–Crippen LogP) is 5.55. The molecule has 3 aliphatic rings. The average molecular weight is 574 g/mol. The number of ether oxygens (including phenoxy) is 3. The topological polar surface area (TPSA) is 108 Å². The van der Waals surface area contributed by atoms with Crippen LogP contribution in [-0.4, -0.2) is 56.6 Å². The number of piperidine rings is 1. The lowest BCUT2D eigenvalue weighted by Gasteiger charge is -2.27. The molecule has 0 radical (unpaired) electrons. The third kappa shape index (κ3) is 6.37. The highest BCUT2D eigenvalue weighted by Gasteiger charge is 2.59. The van der Waals surface area contributed by atoms with Gasteiger partial charge in [-0.05, 0) is 76.1 Å². The Morgan fingerprint density at radius 1 is 1.02 bits per heavy atom. The molecule has 2 saturated carbocycles. The quantitative estimate of drug-likeness (QED) is 0.376. The van der Waals surface area contributed by atoms with Crippen molar-refractivity contribution in [3.63, 3.8) is 0 Å². The van der Waals surface area contributed by atoms with Crippen molar-refractivity contribution in [2.24, 2.45) is 11.8 Å². The first-order valence-electron chi connectivity index (χ1n) is 14.7. The Labute approximate surface area is 246 Å². The number of hydrogen-bond donors (Lipinski definition) is 1. The molecule has 0 spiro atoms. The van der Waals surface area contributed by atoms with Gasteiger partial charge in [0.25, 0.3) is 0 Å². The second-order valence-corrected chi connectivity index (χ2v) is 13.2. The van der Waals surface area contributed by atoms with E-state index in [2.05, 4.69) is 10.4 Å². The number of pyridine rings is 1. The van der Waals surface area contributed by atoms with Gasteiger partial charge in [0, 0.05) is 37.2 Å². The zero-order valence-corrected chi connectivity index (χ0v) is 24.9. The summed E-state index contributed by atoms with van der Waals surface area (Å²) in [6, 6.07) is 13.4. The van der Waals surface area contributed by atoms with Crippen LogP contribution in [0, 0.1) is 11.8 Å². The number of hydrogen-bond acceptors (Lipinski definition) is 7. The van der Waals surface area contributed by atoms with Crippen molar-refractivity contribution >= 4 is 12.2 Å². The second kappa shape index (κ2) is 10.6. The third-order valence-corrected chi connectivity index (χ3v) is 8.05. The maximum absolute atomic E-state index is 12.8. The summed E-state index contributed by atoms with van der Waals surface area (Å²) in [6.45, 7) is 10.8. The number of nitrogens with zero attached hydrogens (tertiary/aromatic N) is 4. The molecule has 1 saturated heterocycles. The van der Waals surface area contributed by atoms with E-state index in [1.807, 2.05) is 89.5 Å². The Morgan fingerprint density at radius 3 is 2.40 bits per heavy atom. The molecule has 2 amide bonds. The number of carbonyl (C=O) groups excluding carboxylic acids is 2. The van der Waals surface area contributed by atoms with Gasteiger partial charge in [-0.1, -0.05) is 30.3 Å². The van der Waals surface area contributed by atoms with Gasteiger partial charge in [-0.15, -0.1) is 0 Å². The fourth-order valence-electron chi connectivity index (χ4n) is 5.47. The highest BCUT2D eigenvalue weighted by molar-refractivity contribution is 5.69. The van der Waals surface area contributed by atoms with Gasteiger partial charge >= 0.3 is 12.2 Å². The molecule has 42 heavy (non-hydrogen) atoms. The number of rotatable bonds is 8. The van der Waals surface area contributed by atoms with E-state index in [0.29, 0.717) is 30.7 Å². The Balaban J connectivity index is 1.17. The predicted molar refractivity (Wildman–Crippen MR) is 155 cm³/mol. The molecule has 1 aromatic carbocycles. The number of nitrogens with one attached hydrogen (secondary N) is 1. The summed E-state index contributed by atoms with van der Waals surface area (Å²) in [6.07, 6.45) is 5.44. The summed E-state index contributed by atoms with van der Waals surface area (Å²) < 4.78 is 19.2. The van der Waals surface area contributed by atoms with E-state index in [0.717, 1.165) is 11.1 Å². The van der Waals surface area contributed by atoms with Crippen molar-refractivity contribution in [2.45, 2.75) is 77.2 Å². The largest absolute Gasteiger partial charge is 0.474 e. The lowest BCUT2D eigenvalue weighted by Crippen LogP contribution is -2.41. The van der Waals surface area contributed by atoms with E-state index in [1.165, 1.54) is 18.4 Å². The molecule has 3 heterocycles. The van der Waals surface area contributed by atoms with Crippen molar-refractivity contribution in [1.29, 1.82) is 0 Å². The first kappa shape index (κ1) is 28.1. The van der Waals surface area contributed by atoms with Gasteiger partial charge in [0.2, 0.25) is 5.88 Å². The van der Waals surface area contributed by atoms with E-state index < -0.39 is 17.2 Å². The minimum atomic E-state index is -0.789. The smallest absolute Gasteiger partial charge is 0.410 e. The fraction of sp³-hybridized carbons (Fsp3) is 0.500. The van der Waals surface area contributed by atoms with Crippen molar-refractivity contribution < 1.29 is 23.8 Å². The SMILES string of the molecule is CC(C)(C)OC(=O)N1CC2C(C1)C2Oc1cc(C(C)(C)NC(=O)OCc2ccccc2)cc(-n2cc(C3CC3)cn2)n1. The third-order valence-electron chi connectivity index (χ3n) is 8.05. The van der Waals surface area contributed by atoms with E-state index in [1.54, 1.807) is 9.58 Å². The van der Waals surface area contributed by atoms with Crippen LogP contribution in [0.3, 0.4) is 0 Å². The second-order valence-electron chi connectivity index (χ2n) is 13.2. The number of carbonyl (C=O) groups is 2. The van der Waals surface area contributed by atoms with Gasteiger partial charge in [-0.25, -0.2) is 14.3 Å². The Hall–Kier alpha value is -4.08. The number of alkyl carbamates (subject to hydrolysis) is 1. The molecule has 2 atom stereocenters. The van der Waals surface area contributed by atoms with Gasteiger partial charge in [0.05, 0.1) is 11.7 Å². The van der Waals surface area contributed by atoms with Gasteiger partial charge in [0.15, 0.2) is 5.82 Å². The zero-order valence-electron chi connectivity index (χ0n) is 24.9. The Morgan fingerprint density at radius 2 is 1.74 bits per heavy atom. The summed E-state index contributed by atoms with van der Waals surface area (Å²) >= 11 is 0. The summed E-state index contributed by atoms with van der Waals surface area (Å²) in [7, 11) is 0. The van der Waals surface area contributed by atoms with Crippen molar-refractivity contribution in [1.82, 2.24) is 25.0 Å². The first-order chi connectivity index (χ1) is 19.9. The average Bonchev–Trinajstić information content (AvgIpc) is 3.76. The van der Waals surface area contributed by atoms with Crippen LogP contribution in [0.15, 0.2) is 54.9 Å². The van der Waals surface area contributed by atoms with Crippen LogP contribution < -0.4 is 10.1 Å². The number of aromatic nitrogens is 3. The molecule has 2 aliphatic carbocycles. The molecule has 2 aromatic heterocycles. The van der Waals surface area contributed by atoms with E-state index in [-0.39, 0.29) is 30.6 Å². The van der Waals surface area contributed by atoms with Crippen LogP contribution in [-0.2, 0) is 21.6 Å². The fourth-order valence-corrected chi connectivity index (χ4v) is 5.47. The van der Waals surface area contributed by atoms with Crippen LogP contribution in [0.1, 0.15) is 70.1 Å². The molecule has 222 valence electrons. The van der Waals surface area contributed by atoms with Gasteiger partial charge in [0.1, 0.15) is 18.3 Å². The van der Waals surface area contributed by atoms with E-state index >= 15 is 0 Å². The number of amides is 2. The Bertz CT molecular complexity index is 1450. The van der Waals surface area contributed by atoms with E-state index in [9.17, 15) is 9.59 Å². The maximum Gasteiger partial charge on any atom is 0.410 e. The van der Waals surface area contributed by atoms with E-state index in [4.69, 9.17) is 19.2 Å². The molecule has 3 aromatic rings. The zero-order chi connectivity index (χ0) is 29.6. The monoisotopic (exact) mass is 573 g/mol. The highest BCUT2D eigenvalue weighted by atomic mass is 16.6. The number of benzene rings is 1. The molecule has 6 rings (SSSR count). The maximum atomic E-state index is 12.8. The van der Waals surface area contributed by atoms with Crippen molar-refractivity contribution in [3.05, 3.63) is 71.5 Å². The summed E-state index contributed by atoms with van der Waals surface area (Å²) in [4.78, 5) is 31.9. The van der Waals surface area contributed by atoms with Crippen LogP contribution in [0.2, 0.25) is 0 Å². The molecule has 3 fully saturated rings. The minimum Gasteiger partial charge on any atom is -0.474 e. The van der Waals surface area contributed by atoms with Crippen LogP contribution >= 0.6 is 0 Å². The summed E-state index contributed by atoms with van der Waals surface area (Å²) in [5, 5.41) is 7.57. The lowest BCUT2D eigenvalue weighted by atomic mass is 9.95. The van der Waals surface area contributed by atoms with Crippen LogP contribution in [0.25, 0.3) is 5.82 Å². The highest BCUT2D eigenvalue weighted by Crippen LogP contribution is 2.48. The molecular formula is C32H39N5O5. The molecule has 2 unspecified atom stereocenters. The molecule has 1 N–H and O–H groups in total. The molecule has 1 aliphatic heterocycles. The van der Waals surface area contributed by atoms with Gasteiger partial charge in [-0.3, -0.25) is 0 Å². The Kier molecular flexibility index (Phi) is 7.11. The molecule has 10 heteroatoms. The number of fused-ring (bicyclic) bond motifs is 1. The van der Waals surface area contributed by atoms with Gasteiger partial charge in [-0.2, -0.15) is 10.1 Å². The number of likely N-dealkylation sites (tertiary alicyclic amines) is 1. The molecule has 0 bridgehead atoms. The minimum absolute atomic E-state index is 0.0363. The summed E-state index contributed by atoms with van der Waals surface area (Å²) in [5.74, 6) is 2.10. The molecular weight excluding hydrogens is 534 g/mol.